The number of methoxy groups -OCH3 is 1. The second kappa shape index (κ2) is 6.26. The van der Waals surface area contributed by atoms with Gasteiger partial charge in [-0.25, -0.2) is 13.6 Å². The number of carbonyl (C=O) groups is 2. The van der Waals surface area contributed by atoms with Crippen LogP contribution in [0, 0.1) is 11.6 Å². The Bertz CT molecular complexity index is 682. The molecule has 2 aliphatic rings. The van der Waals surface area contributed by atoms with Gasteiger partial charge in [-0.3, -0.25) is 4.79 Å². The molecule has 0 saturated carbocycles. The van der Waals surface area contributed by atoms with Crippen LogP contribution in [0.4, 0.5) is 13.6 Å². The van der Waals surface area contributed by atoms with Crippen molar-refractivity contribution in [3.63, 3.8) is 0 Å². The Morgan fingerprint density at radius 3 is 2.79 bits per heavy atom. The van der Waals surface area contributed by atoms with E-state index in [1.54, 1.807) is 0 Å². The second-order valence-corrected chi connectivity index (χ2v) is 6.01. The van der Waals surface area contributed by atoms with Crippen molar-refractivity contribution in [3.8, 4) is 5.75 Å². The number of carbonyl (C=O) groups excluding carboxylic acids is 2. The largest absolute Gasteiger partial charge is 0.491 e. The number of nitrogens with zero attached hydrogens (tertiary/aromatic N) is 1. The van der Waals surface area contributed by atoms with Crippen LogP contribution < -0.4 is 10.1 Å². The van der Waals surface area contributed by atoms with Crippen LogP contribution in [0.3, 0.4) is 0 Å². The maximum Gasteiger partial charge on any atom is 0.407 e. The average Bonchev–Trinajstić information content (AvgIpc) is 2.78. The van der Waals surface area contributed by atoms with E-state index in [1.807, 2.05) is 0 Å². The van der Waals surface area contributed by atoms with E-state index in [1.165, 1.54) is 4.90 Å². The number of hydrogen-bond donors (Lipinski definition) is 1. The molecule has 3 rings (SSSR count). The Labute approximate surface area is 137 Å². The van der Waals surface area contributed by atoms with E-state index in [4.69, 9.17) is 4.74 Å². The summed E-state index contributed by atoms with van der Waals surface area (Å²) in [5.41, 5.74) is -0.837. The highest BCUT2D eigenvalue weighted by atomic mass is 19.1. The van der Waals surface area contributed by atoms with Crippen LogP contribution in [-0.2, 0) is 4.74 Å². The van der Waals surface area contributed by atoms with Gasteiger partial charge in [0.25, 0.3) is 5.91 Å². The first-order valence-corrected chi connectivity index (χ1v) is 7.74. The molecule has 2 saturated heterocycles. The molecule has 1 aromatic carbocycles. The fourth-order valence-electron chi connectivity index (χ4n) is 3.21. The Morgan fingerprint density at radius 1 is 1.33 bits per heavy atom. The molecule has 0 radical (unpaired) electrons. The number of hydrogen-bond acceptors (Lipinski definition) is 4. The topological polar surface area (TPSA) is 67.9 Å². The van der Waals surface area contributed by atoms with Gasteiger partial charge in [-0.1, -0.05) is 0 Å². The number of ether oxygens (including phenoxy) is 2. The van der Waals surface area contributed by atoms with Crippen molar-refractivity contribution in [2.45, 2.75) is 24.9 Å². The van der Waals surface area contributed by atoms with Crippen LogP contribution in [-0.4, -0.2) is 49.2 Å². The number of likely N-dealkylation sites (tertiary alicyclic amines) is 1. The van der Waals surface area contributed by atoms with Gasteiger partial charge in [-0.05, 0) is 25.0 Å². The predicted molar refractivity (Wildman–Crippen MR) is 79.9 cm³/mol. The number of halogens is 2. The van der Waals surface area contributed by atoms with Crippen molar-refractivity contribution in [3.05, 3.63) is 29.3 Å². The molecular weight excluding hydrogens is 322 g/mol. The van der Waals surface area contributed by atoms with Gasteiger partial charge in [0.1, 0.15) is 5.60 Å². The van der Waals surface area contributed by atoms with E-state index >= 15 is 0 Å². The third-order valence-corrected chi connectivity index (χ3v) is 4.53. The molecule has 1 aromatic rings. The van der Waals surface area contributed by atoms with Crippen LogP contribution in [0.1, 0.15) is 29.6 Å². The zero-order valence-corrected chi connectivity index (χ0v) is 13.2. The lowest BCUT2D eigenvalue weighted by atomic mass is 9.95. The van der Waals surface area contributed by atoms with Crippen molar-refractivity contribution in [1.82, 2.24) is 10.2 Å². The third-order valence-electron chi connectivity index (χ3n) is 4.53. The van der Waals surface area contributed by atoms with Crippen molar-refractivity contribution in [2.24, 2.45) is 0 Å². The summed E-state index contributed by atoms with van der Waals surface area (Å²) < 4.78 is 37.8. The molecule has 6 nitrogen and oxygen atoms in total. The summed E-state index contributed by atoms with van der Waals surface area (Å²) in [6.45, 7) is 1.15. The molecule has 0 bridgehead atoms. The van der Waals surface area contributed by atoms with E-state index in [2.05, 4.69) is 10.1 Å². The normalized spacial score (nSPS) is 23.6. The molecule has 1 unspecified atom stereocenters. The standard InChI is InChI=1S/C16H18F2N2O4/c1-23-13-11(17)4-3-10(12(13)18)14(21)20-7-2-5-16(6-8-20)9-19-15(22)24-16/h3-4H,2,5-9H2,1H3,(H,19,22). The molecule has 0 aliphatic carbocycles. The summed E-state index contributed by atoms with van der Waals surface area (Å²) in [6.07, 6.45) is 1.27. The average molecular weight is 340 g/mol. The van der Waals surface area contributed by atoms with Crippen LogP contribution in [0.25, 0.3) is 0 Å². The Kier molecular flexibility index (Phi) is 4.29. The smallest absolute Gasteiger partial charge is 0.407 e. The first-order valence-electron chi connectivity index (χ1n) is 7.74. The van der Waals surface area contributed by atoms with Gasteiger partial charge in [-0.2, -0.15) is 0 Å². The zero-order chi connectivity index (χ0) is 17.3. The van der Waals surface area contributed by atoms with E-state index in [0.717, 1.165) is 19.2 Å². The molecule has 0 aromatic heterocycles. The number of rotatable bonds is 2. The first-order chi connectivity index (χ1) is 11.5. The molecular formula is C16H18F2N2O4. The zero-order valence-electron chi connectivity index (χ0n) is 13.2. The summed E-state index contributed by atoms with van der Waals surface area (Å²) in [7, 11) is 1.15. The van der Waals surface area contributed by atoms with Gasteiger partial charge in [0.2, 0.25) is 0 Å². The van der Waals surface area contributed by atoms with Crippen molar-refractivity contribution in [2.75, 3.05) is 26.7 Å². The fourth-order valence-corrected chi connectivity index (χ4v) is 3.21. The molecule has 1 N–H and O–H groups in total. The molecule has 2 heterocycles. The van der Waals surface area contributed by atoms with Crippen molar-refractivity contribution < 1.29 is 27.8 Å². The molecule has 24 heavy (non-hydrogen) atoms. The summed E-state index contributed by atoms with van der Waals surface area (Å²) >= 11 is 0. The van der Waals surface area contributed by atoms with Gasteiger partial charge in [-0.15, -0.1) is 0 Å². The Morgan fingerprint density at radius 2 is 2.12 bits per heavy atom. The van der Waals surface area contributed by atoms with Crippen LogP contribution in [0.2, 0.25) is 0 Å². The maximum absolute atomic E-state index is 14.3. The maximum atomic E-state index is 14.3. The minimum atomic E-state index is -1.00. The number of benzene rings is 1. The van der Waals surface area contributed by atoms with Crippen LogP contribution in [0.15, 0.2) is 12.1 Å². The monoisotopic (exact) mass is 340 g/mol. The van der Waals surface area contributed by atoms with Gasteiger partial charge in [0.15, 0.2) is 17.4 Å². The van der Waals surface area contributed by atoms with E-state index in [-0.39, 0.29) is 5.56 Å². The second-order valence-electron chi connectivity index (χ2n) is 6.01. The first kappa shape index (κ1) is 16.5. The summed E-state index contributed by atoms with van der Waals surface area (Å²) in [5, 5.41) is 2.63. The van der Waals surface area contributed by atoms with Crippen LogP contribution in [0.5, 0.6) is 5.75 Å². The van der Waals surface area contributed by atoms with Gasteiger partial charge in [0, 0.05) is 19.5 Å². The molecule has 2 fully saturated rings. The molecule has 8 heteroatoms. The van der Waals surface area contributed by atoms with Crippen LogP contribution >= 0.6 is 0 Å². The number of nitrogens with one attached hydrogen (secondary N) is 1. The molecule has 130 valence electrons. The molecule has 2 aliphatic heterocycles. The van der Waals surface area contributed by atoms with Crippen molar-refractivity contribution in [1.29, 1.82) is 0 Å². The highest BCUT2D eigenvalue weighted by molar-refractivity contribution is 5.95. The highest BCUT2D eigenvalue weighted by Gasteiger charge is 2.42. The lowest BCUT2D eigenvalue weighted by Crippen LogP contribution is -2.36. The SMILES string of the molecule is COc1c(F)ccc(C(=O)N2CCCC3(CC2)CNC(=O)O3)c1F. The fraction of sp³-hybridized carbons (Fsp3) is 0.500. The van der Waals surface area contributed by atoms with E-state index in [9.17, 15) is 18.4 Å². The quantitative estimate of drug-likeness (QED) is 0.895. The lowest BCUT2D eigenvalue weighted by Gasteiger charge is -2.25. The van der Waals surface area contributed by atoms with E-state index in [0.29, 0.717) is 38.9 Å². The number of amides is 2. The van der Waals surface area contributed by atoms with Gasteiger partial charge >= 0.3 is 6.09 Å². The van der Waals surface area contributed by atoms with Crippen molar-refractivity contribution >= 4 is 12.0 Å². The third kappa shape index (κ3) is 2.88. The minimum absolute atomic E-state index is 0.231. The Hall–Kier alpha value is -2.38. The molecule has 1 spiro atoms. The molecule has 1 atom stereocenters. The minimum Gasteiger partial charge on any atom is -0.491 e. The number of alkyl carbamates (subject to hydrolysis) is 1. The predicted octanol–water partition coefficient (Wildman–Crippen LogP) is 2.08. The van der Waals surface area contributed by atoms with Gasteiger partial charge in [0.05, 0.1) is 19.2 Å². The van der Waals surface area contributed by atoms with Gasteiger partial charge < -0.3 is 19.7 Å². The lowest BCUT2D eigenvalue weighted by molar-refractivity contribution is 0.0438. The summed E-state index contributed by atoms with van der Waals surface area (Å²) in [6, 6.07) is 2.13. The summed E-state index contributed by atoms with van der Waals surface area (Å²) in [5.74, 6) is -2.96. The summed E-state index contributed by atoms with van der Waals surface area (Å²) in [4.78, 5) is 25.4. The highest BCUT2D eigenvalue weighted by Crippen LogP contribution is 2.31. The Balaban J connectivity index is 1.78. The van der Waals surface area contributed by atoms with E-state index < -0.39 is 35.0 Å². The molecule has 2 amide bonds.